The summed E-state index contributed by atoms with van der Waals surface area (Å²) in [5.41, 5.74) is 0.802. The van der Waals surface area contributed by atoms with Gasteiger partial charge < -0.3 is 14.4 Å². The zero-order valence-electron chi connectivity index (χ0n) is 16.6. The maximum Gasteiger partial charge on any atom is 0.225 e. The van der Waals surface area contributed by atoms with E-state index in [2.05, 4.69) is 4.90 Å². The number of carbonyl (C=O) groups excluding carboxylic acids is 1. The molecule has 2 fully saturated rings. The number of nitrogens with zero attached hydrogens (tertiary/aromatic N) is 3. The fourth-order valence-electron chi connectivity index (χ4n) is 3.77. The summed E-state index contributed by atoms with van der Waals surface area (Å²) < 4.78 is 10.7. The lowest BCUT2D eigenvalue weighted by Gasteiger charge is -2.33. The third kappa shape index (κ3) is 4.34. The fourth-order valence-corrected chi connectivity index (χ4v) is 4.99. The van der Waals surface area contributed by atoms with Gasteiger partial charge in [0.1, 0.15) is 6.17 Å². The average Bonchev–Trinajstić information content (AvgIpc) is 3.02. The van der Waals surface area contributed by atoms with Crippen LogP contribution in [0.4, 0.5) is 5.69 Å². The summed E-state index contributed by atoms with van der Waals surface area (Å²) in [6.07, 6.45) is 6.15. The number of benzene rings is 1. The van der Waals surface area contributed by atoms with Crippen LogP contribution in [0.5, 0.6) is 11.5 Å². The lowest BCUT2D eigenvalue weighted by Crippen LogP contribution is -2.48. The Morgan fingerprint density at radius 2 is 1.89 bits per heavy atom. The molecule has 1 heterocycles. The van der Waals surface area contributed by atoms with Crippen molar-refractivity contribution in [2.45, 2.75) is 51.2 Å². The second-order valence-corrected chi connectivity index (χ2v) is 8.02. The van der Waals surface area contributed by atoms with Gasteiger partial charge in [-0.05, 0) is 25.0 Å². The number of rotatable bonds is 5. The SMILES string of the molecule is COc1ccc(N(C(C)=O)C2CSC(=NC3CCCCC3)N2C)cc1OC. The van der Waals surface area contributed by atoms with Crippen molar-refractivity contribution < 1.29 is 14.3 Å². The van der Waals surface area contributed by atoms with Crippen molar-refractivity contribution in [1.29, 1.82) is 0 Å². The third-order valence-corrected chi connectivity index (χ3v) is 6.38. The summed E-state index contributed by atoms with van der Waals surface area (Å²) >= 11 is 1.74. The zero-order chi connectivity index (χ0) is 19.4. The highest BCUT2D eigenvalue weighted by Gasteiger charge is 2.35. The van der Waals surface area contributed by atoms with Crippen molar-refractivity contribution in [2.24, 2.45) is 4.99 Å². The van der Waals surface area contributed by atoms with E-state index in [-0.39, 0.29) is 12.1 Å². The quantitative estimate of drug-likeness (QED) is 0.765. The molecular weight excluding hydrogens is 362 g/mol. The van der Waals surface area contributed by atoms with Crippen LogP contribution in [0.25, 0.3) is 0 Å². The van der Waals surface area contributed by atoms with Crippen LogP contribution in [-0.4, -0.2) is 55.2 Å². The van der Waals surface area contributed by atoms with E-state index in [4.69, 9.17) is 14.5 Å². The number of ether oxygens (including phenoxy) is 2. The van der Waals surface area contributed by atoms with E-state index < -0.39 is 0 Å². The molecule has 7 heteroatoms. The van der Waals surface area contributed by atoms with Crippen molar-refractivity contribution in [3.63, 3.8) is 0 Å². The van der Waals surface area contributed by atoms with E-state index in [1.165, 1.54) is 32.1 Å². The summed E-state index contributed by atoms with van der Waals surface area (Å²) in [5.74, 6) is 2.07. The number of hydrogen-bond acceptors (Lipinski definition) is 5. The molecule has 2 aliphatic rings. The number of amides is 1. The molecule has 0 bridgehead atoms. The van der Waals surface area contributed by atoms with Gasteiger partial charge in [0.15, 0.2) is 16.7 Å². The number of anilines is 1. The minimum absolute atomic E-state index is 0.00131. The smallest absolute Gasteiger partial charge is 0.225 e. The predicted octanol–water partition coefficient (Wildman–Crippen LogP) is 3.75. The van der Waals surface area contributed by atoms with E-state index in [0.717, 1.165) is 16.6 Å². The molecule has 1 amide bonds. The fraction of sp³-hybridized carbons (Fsp3) is 0.600. The summed E-state index contributed by atoms with van der Waals surface area (Å²) in [6, 6.07) is 6.02. The van der Waals surface area contributed by atoms with Crippen LogP contribution < -0.4 is 14.4 Å². The zero-order valence-corrected chi connectivity index (χ0v) is 17.4. The van der Waals surface area contributed by atoms with E-state index in [0.29, 0.717) is 17.5 Å². The monoisotopic (exact) mass is 391 g/mol. The van der Waals surface area contributed by atoms with Crippen molar-refractivity contribution in [2.75, 3.05) is 31.9 Å². The van der Waals surface area contributed by atoms with Gasteiger partial charge in [-0.25, -0.2) is 0 Å². The number of hydrogen-bond donors (Lipinski definition) is 0. The predicted molar refractivity (Wildman–Crippen MR) is 111 cm³/mol. The molecule has 0 N–H and O–H groups in total. The normalized spacial score (nSPS) is 22.1. The highest BCUT2D eigenvalue weighted by molar-refractivity contribution is 8.14. The van der Waals surface area contributed by atoms with E-state index in [1.54, 1.807) is 32.9 Å². The van der Waals surface area contributed by atoms with Crippen LogP contribution in [0.1, 0.15) is 39.0 Å². The Labute approximate surface area is 165 Å². The minimum Gasteiger partial charge on any atom is -0.493 e. The van der Waals surface area contributed by atoms with E-state index in [1.807, 2.05) is 30.1 Å². The Balaban J connectivity index is 1.83. The van der Waals surface area contributed by atoms with Crippen molar-refractivity contribution in [3.05, 3.63) is 18.2 Å². The van der Waals surface area contributed by atoms with Gasteiger partial charge in [-0.2, -0.15) is 0 Å². The Bertz CT molecular complexity index is 704. The van der Waals surface area contributed by atoms with Crippen LogP contribution in [-0.2, 0) is 4.79 Å². The Morgan fingerprint density at radius 1 is 1.19 bits per heavy atom. The van der Waals surface area contributed by atoms with Crippen LogP contribution in [0.15, 0.2) is 23.2 Å². The molecule has 1 saturated heterocycles. The molecule has 0 aromatic heterocycles. The van der Waals surface area contributed by atoms with Crippen LogP contribution in [0, 0.1) is 0 Å². The van der Waals surface area contributed by atoms with E-state index in [9.17, 15) is 4.79 Å². The van der Waals surface area contributed by atoms with Gasteiger partial charge >= 0.3 is 0 Å². The van der Waals surface area contributed by atoms with Crippen molar-refractivity contribution in [3.8, 4) is 11.5 Å². The molecule has 1 atom stereocenters. The second-order valence-electron chi connectivity index (χ2n) is 7.03. The maximum absolute atomic E-state index is 12.5. The van der Waals surface area contributed by atoms with Crippen molar-refractivity contribution >= 4 is 28.5 Å². The Morgan fingerprint density at radius 3 is 2.52 bits per heavy atom. The van der Waals surface area contributed by atoms with Gasteiger partial charge in [-0.1, -0.05) is 31.0 Å². The lowest BCUT2D eigenvalue weighted by atomic mass is 9.96. The van der Waals surface area contributed by atoms with Gasteiger partial charge in [0.2, 0.25) is 5.91 Å². The largest absolute Gasteiger partial charge is 0.493 e. The molecule has 1 aliphatic heterocycles. The molecule has 1 aromatic rings. The topological polar surface area (TPSA) is 54.4 Å². The summed E-state index contributed by atoms with van der Waals surface area (Å²) in [4.78, 5) is 21.4. The Hall–Kier alpha value is -1.89. The molecule has 148 valence electrons. The lowest BCUT2D eigenvalue weighted by molar-refractivity contribution is -0.117. The molecule has 0 radical (unpaired) electrons. The molecule has 1 aliphatic carbocycles. The maximum atomic E-state index is 12.5. The number of carbonyl (C=O) groups is 1. The van der Waals surface area contributed by atoms with Gasteiger partial charge in [-0.3, -0.25) is 14.7 Å². The highest BCUT2D eigenvalue weighted by Crippen LogP contribution is 2.35. The third-order valence-electron chi connectivity index (χ3n) is 5.26. The van der Waals surface area contributed by atoms with Gasteiger partial charge in [-0.15, -0.1) is 0 Å². The summed E-state index contributed by atoms with van der Waals surface area (Å²) in [7, 11) is 5.24. The average molecular weight is 392 g/mol. The van der Waals surface area contributed by atoms with Crippen LogP contribution in [0.3, 0.4) is 0 Å². The van der Waals surface area contributed by atoms with Crippen LogP contribution in [0.2, 0.25) is 0 Å². The number of thioether (sulfide) groups is 1. The number of amidine groups is 1. The molecule has 1 aromatic carbocycles. The first-order chi connectivity index (χ1) is 13.0. The summed E-state index contributed by atoms with van der Waals surface area (Å²) in [5, 5.41) is 1.04. The highest BCUT2D eigenvalue weighted by atomic mass is 32.2. The molecule has 3 rings (SSSR count). The van der Waals surface area contributed by atoms with Gasteiger partial charge in [0.25, 0.3) is 0 Å². The van der Waals surface area contributed by atoms with Crippen LogP contribution >= 0.6 is 11.8 Å². The van der Waals surface area contributed by atoms with E-state index >= 15 is 0 Å². The Kier molecular flexibility index (Phi) is 6.52. The molecule has 0 spiro atoms. The summed E-state index contributed by atoms with van der Waals surface area (Å²) in [6.45, 7) is 1.60. The minimum atomic E-state index is -0.0621. The van der Waals surface area contributed by atoms with Gasteiger partial charge in [0.05, 0.1) is 20.3 Å². The standard InChI is InChI=1S/C20H29N3O3S/c1-14(24)23(16-10-11-17(25-3)18(12-16)26-4)19-13-27-20(22(19)2)21-15-8-6-5-7-9-15/h10-12,15,19H,5-9,13H2,1-4H3. The molecule has 1 unspecified atom stereocenters. The molecular formula is C20H29N3O3S. The number of methoxy groups -OCH3 is 2. The van der Waals surface area contributed by atoms with Gasteiger partial charge in [0, 0.05) is 31.5 Å². The first-order valence-electron chi connectivity index (χ1n) is 9.50. The first kappa shape index (κ1) is 19.9. The molecule has 1 saturated carbocycles. The molecule has 27 heavy (non-hydrogen) atoms. The van der Waals surface area contributed by atoms with Crippen molar-refractivity contribution in [1.82, 2.24) is 4.90 Å². The molecule has 6 nitrogen and oxygen atoms in total. The second kappa shape index (κ2) is 8.87. The first-order valence-corrected chi connectivity index (χ1v) is 10.5. The number of aliphatic imine (C=N–C) groups is 1.